The lowest BCUT2D eigenvalue weighted by atomic mass is 10.0. The highest BCUT2D eigenvalue weighted by molar-refractivity contribution is 6.13. The molecular weight excluding hydrogens is 328 g/mol. The number of carbonyl (C=O) groups excluding carboxylic acids is 2. The van der Waals surface area contributed by atoms with Gasteiger partial charge >= 0.3 is 0 Å². The van der Waals surface area contributed by atoms with E-state index in [0.717, 1.165) is 22.6 Å². The highest BCUT2D eigenvalue weighted by Crippen LogP contribution is 2.47. The largest absolute Gasteiger partial charge is 0.497 e. The van der Waals surface area contributed by atoms with Gasteiger partial charge in [-0.15, -0.1) is 0 Å². The molecule has 2 N–H and O–H groups in total. The Morgan fingerprint density at radius 1 is 1.00 bits per heavy atom. The number of hydrogen-bond donors (Lipinski definition) is 2. The van der Waals surface area contributed by atoms with Crippen molar-refractivity contribution in [2.24, 2.45) is 5.41 Å². The minimum absolute atomic E-state index is 0.213. The number of methoxy groups -OCH3 is 1. The zero-order chi connectivity index (χ0) is 18.7. The van der Waals surface area contributed by atoms with Crippen LogP contribution in [0, 0.1) is 19.3 Å². The molecule has 0 spiro atoms. The van der Waals surface area contributed by atoms with Gasteiger partial charge in [-0.05, 0) is 67.6 Å². The smallest absolute Gasteiger partial charge is 0.240 e. The summed E-state index contributed by atoms with van der Waals surface area (Å²) in [7, 11) is 1.61. The quantitative estimate of drug-likeness (QED) is 0.784. The third-order valence-electron chi connectivity index (χ3n) is 5.00. The lowest BCUT2D eigenvalue weighted by Gasteiger charge is -2.16. The van der Waals surface area contributed by atoms with E-state index in [1.165, 1.54) is 5.56 Å². The van der Waals surface area contributed by atoms with Crippen LogP contribution >= 0.6 is 0 Å². The van der Waals surface area contributed by atoms with Gasteiger partial charge in [0, 0.05) is 12.2 Å². The zero-order valence-electron chi connectivity index (χ0n) is 15.4. The van der Waals surface area contributed by atoms with Gasteiger partial charge in [0.2, 0.25) is 11.8 Å². The first-order valence-electron chi connectivity index (χ1n) is 8.74. The minimum atomic E-state index is -0.939. The molecule has 0 bridgehead atoms. The van der Waals surface area contributed by atoms with Gasteiger partial charge in [0.05, 0.1) is 7.11 Å². The maximum Gasteiger partial charge on any atom is 0.240 e. The van der Waals surface area contributed by atoms with Gasteiger partial charge in [-0.3, -0.25) is 9.59 Å². The molecule has 2 aromatic carbocycles. The number of benzene rings is 2. The molecule has 0 atom stereocenters. The van der Waals surface area contributed by atoms with Crippen molar-refractivity contribution in [3.63, 3.8) is 0 Å². The van der Waals surface area contributed by atoms with Gasteiger partial charge in [0.1, 0.15) is 11.2 Å². The molecule has 5 nitrogen and oxygen atoms in total. The maximum atomic E-state index is 12.6. The molecule has 2 aromatic rings. The van der Waals surface area contributed by atoms with E-state index in [9.17, 15) is 9.59 Å². The van der Waals surface area contributed by atoms with Crippen molar-refractivity contribution in [1.29, 1.82) is 0 Å². The standard InChI is InChI=1S/C21H24N2O3/c1-14-4-7-17(12-15(14)2)23-20(25)21(10-11-21)19(24)22-13-16-5-8-18(26-3)9-6-16/h4-9,12H,10-11,13H2,1-3H3,(H,22,24)(H,23,25). The number of amides is 2. The zero-order valence-corrected chi connectivity index (χ0v) is 15.4. The molecule has 5 heteroatoms. The molecule has 26 heavy (non-hydrogen) atoms. The molecule has 136 valence electrons. The Labute approximate surface area is 153 Å². The number of rotatable bonds is 6. The first kappa shape index (κ1) is 18.0. The summed E-state index contributed by atoms with van der Waals surface area (Å²) in [6, 6.07) is 13.3. The van der Waals surface area contributed by atoms with Gasteiger partial charge in [-0.2, -0.15) is 0 Å². The van der Waals surface area contributed by atoms with Crippen LogP contribution in [0.2, 0.25) is 0 Å². The third-order valence-corrected chi connectivity index (χ3v) is 5.00. The van der Waals surface area contributed by atoms with Crippen molar-refractivity contribution < 1.29 is 14.3 Å². The fourth-order valence-electron chi connectivity index (χ4n) is 2.85. The van der Waals surface area contributed by atoms with Crippen molar-refractivity contribution in [2.75, 3.05) is 12.4 Å². The van der Waals surface area contributed by atoms with Crippen LogP contribution in [0.25, 0.3) is 0 Å². The Kier molecular flexibility index (Phi) is 4.98. The Morgan fingerprint density at radius 2 is 1.69 bits per heavy atom. The molecular formula is C21H24N2O3. The highest BCUT2D eigenvalue weighted by Gasteiger charge is 2.56. The number of aryl methyl sites for hydroxylation is 2. The van der Waals surface area contributed by atoms with E-state index in [-0.39, 0.29) is 11.8 Å². The number of ether oxygens (including phenoxy) is 1. The molecule has 0 unspecified atom stereocenters. The van der Waals surface area contributed by atoms with E-state index in [0.29, 0.717) is 19.4 Å². The van der Waals surface area contributed by atoms with Crippen molar-refractivity contribution >= 4 is 17.5 Å². The van der Waals surface area contributed by atoms with E-state index >= 15 is 0 Å². The normalized spacial score (nSPS) is 14.4. The van der Waals surface area contributed by atoms with Gasteiger partial charge in [-0.1, -0.05) is 18.2 Å². The fraction of sp³-hybridized carbons (Fsp3) is 0.333. The van der Waals surface area contributed by atoms with Gasteiger partial charge in [-0.25, -0.2) is 0 Å². The molecule has 0 aromatic heterocycles. The average Bonchev–Trinajstić information content (AvgIpc) is 3.45. The van der Waals surface area contributed by atoms with E-state index < -0.39 is 5.41 Å². The highest BCUT2D eigenvalue weighted by atomic mass is 16.5. The van der Waals surface area contributed by atoms with E-state index in [1.807, 2.05) is 56.3 Å². The van der Waals surface area contributed by atoms with Crippen molar-refractivity contribution in [3.8, 4) is 5.75 Å². The summed E-state index contributed by atoms with van der Waals surface area (Å²) in [6.07, 6.45) is 1.16. The molecule has 1 fully saturated rings. The summed E-state index contributed by atoms with van der Waals surface area (Å²) < 4.78 is 5.12. The number of carbonyl (C=O) groups is 2. The predicted molar refractivity (Wildman–Crippen MR) is 101 cm³/mol. The van der Waals surface area contributed by atoms with Crippen LogP contribution in [-0.4, -0.2) is 18.9 Å². The second-order valence-electron chi connectivity index (χ2n) is 6.87. The molecule has 0 radical (unpaired) electrons. The molecule has 0 aliphatic heterocycles. The first-order valence-corrected chi connectivity index (χ1v) is 8.74. The SMILES string of the molecule is COc1ccc(CNC(=O)C2(C(=O)Nc3ccc(C)c(C)c3)CC2)cc1. The summed E-state index contributed by atoms with van der Waals surface area (Å²) in [5.74, 6) is 0.328. The van der Waals surface area contributed by atoms with Crippen LogP contribution in [0.3, 0.4) is 0 Å². The summed E-state index contributed by atoms with van der Waals surface area (Å²) in [4.78, 5) is 25.2. The molecule has 0 heterocycles. The third kappa shape index (κ3) is 3.72. The Balaban J connectivity index is 1.60. The number of anilines is 1. The van der Waals surface area contributed by atoms with Crippen LogP contribution in [0.4, 0.5) is 5.69 Å². The van der Waals surface area contributed by atoms with E-state index in [2.05, 4.69) is 10.6 Å². The summed E-state index contributed by atoms with van der Waals surface area (Å²) in [6.45, 7) is 4.41. The molecule has 2 amide bonds. The van der Waals surface area contributed by atoms with Crippen LogP contribution in [-0.2, 0) is 16.1 Å². The Hall–Kier alpha value is -2.82. The number of hydrogen-bond acceptors (Lipinski definition) is 3. The van der Waals surface area contributed by atoms with Gasteiger partial charge < -0.3 is 15.4 Å². The van der Waals surface area contributed by atoms with Crippen molar-refractivity contribution in [1.82, 2.24) is 5.32 Å². The van der Waals surface area contributed by atoms with Crippen LogP contribution in [0.1, 0.15) is 29.5 Å². The second kappa shape index (κ2) is 7.20. The summed E-state index contributed by atoms with van der Waals surface area (Å²) >= 11 is 0. The van der Waals surface area contributed by atoms with E-state index in [4.69, 9.17) is 4.74 Å². The first-order chi connectivity index (χ1) is 12.4. The predicted octanol–water partition coefficient (Wildman–Crippen LogP) is 3.35. The van der Waals surface area contributed by atoms with Crippen molar-refractivity contribution in [2.45, 2.75) is 33.2 Å². The molecule has 3 rings (SSSR count). The lowest BCUT2D eigenvalue weighted by molar-refractivity contribution is -0.134. The maximum absolute atomic E-state index is 12.6. The molecule has 0 saturated heterocycles. The molecule has 1 aliphatic carbocycles. The monoisotopic (exact) mass is 352 g/mol. The second-order valence-corrected chi connectivity index (χ2v) is 6.87. The fourth-order valence-corrected chi connectivity index (χ4v) is 2.85. The summed E-state index contributed by atoms with van der Waals surface area (Å²) in [5.41, 5.74) is 3.03. The van der Waals surface area contributed by atoms with Crippen LogP contribution in [0.5, 0.6) is 5.75 Å². The van der Waals surface area contributed by atoms with Crippen LogP contribution < -0.4 is 15.4 Å². The van der Waals surface area contributed by atoms with Crippen LogP contribution in [0.15, 0.2) is 42.5 Å². The van der Waals surface area contributed by atoms with Crippen molar-refractivity contribution in [3.05, 3.63) is 59.2 Å². The minimum Gasteiger partial charge on any atom is -0.497 e. The number of nitrogens with one attached hydrogen (secondary N) is 2. The molecule has 1 aliphatic rings. The average molecular weight is 352 g/mol. The van der Waals surface area contributed by atoms with Gasteiger partial charge in [0.15, 0.2) is 0 Å². The summed E-state index contributed by atoms with van der Waals surface area (Å²) in [5, 5.41) is 5.78. The topological polar surface area (TPSA) is 67.4 Å². The Bertz CT molecular complexity index is 824. The van der Waals surface area contributed by atoms with Gasteiger partial charge in [0.25, 0.3) is 0 Å². The Morgan fingerprint density at radius 3 is 2.27 bits per heavy atom. The molecule has 1 saturated carbocycles. The van der Waals surface area contributed by atoms with E-state index in [1.54, 1.807) is 7.11 Å². The lowest BCUT2D eigenvalue weighted by Crippen LogP contribution is -2.39.